The number of benzene rings is 1. The number of hydrogen-bond donors (Lipinski definition) is 2. The third kappa shape index (κ3) is 7.06. The SMILES string of the molecule is COC(=O)c1c(C)[nH]c(C(=O)CN2CCN(CC(=O)Nc3ccc(OC(F)(F)F)cc3)CC2)c1C. The van der Waals surface area contributed by atoms with Crippen LogP contribution >= 0.6 is 0 Å². The van der Waals surface area contributed by atoms with Crippen molar-refractivity contribution in [2.24, 2.45) is 0 Å². The van der Waals surface area contributed by atoms with Crippen LogP contribution in [0.15, 0.2) is 24.3 Å². The van der Waals surface area contributed by atoms with Crippen LogP contribution in [0, 0.1) is 13.8 Å². The first-order valence-electron chi connectivity index (χ1n) is 10.9. The molecule has 2 N–H and O–H groups in total. The molecule has 0 radical (unpaired) electrons. The number of piperazine rings is 1. The molecule has 1 aliphatic rings. The molecule has 0 atom stereocenters. The van der Waals surface area contributed by atoms with Gasteiger partial charge in [0.05, 0.1) is 31.5 Å². The highest BCUT2D eigenvalue weighted by molar-refractivity contribution is 6.02. The lowest BCUT2D eigenvalue weighted by Crippen LogP contribution is -2.49. The number of carbonyl (C=O) groups is 3. The molecule has 0 unspecified atom stereocenters. The second-order valence-electron chi connectivity index (χ2n) is 8.21. The monoisotopic (exact) mass is 496 g/mol. The Kier molecular flexibility index (Phi) is 8.18. The summed E-state index contributed by atoms with van der Waals surface area (Å²) in [5.41, 5.74) is 2.26. The zero-order chi connectivity index (χ0) is 25.8. The van der Waals surface area contributed by atoms with Crippen LogP contribution in [0.2, 0.25) is 0 Å². The van der Waals surface area contributed by atoms with Crippen LogP contribution in [0.1, 0.15) is 32.1 Å². The molecule has 0 aliphatic carbocycles. The van der Waals surface area contributed by atoms with Crippen molar-refractivity contribution >= 4 is 23.3 Å². The number of ketones is 1. The molecule has 1 aromatic heterocycles. The fourth-order valence-electron chi connectivity index (χ4n) is 3.97. The third-order valence-corrected chi connectivity index (χ3v) is 5.68. The normalized spacial score (nSPS) is 15.0. The second-order valence-corrected chi connectivity index (χ2v) is 8.21. The summed E-state index contributed by atoms with van der Waals surface area (Å²) in [6, 6.07) is 4.91. The Morgan fingerprint density at radius 2 is 1.57 bits per heavy atom. The molecule has 35 heavy (non-hydrogen) atoms. The van der Waals surface area contributed by atoms with E-state index in [1.54, 1.807) is 13.8 Å². The molecule has 0 spiro atoms. The van der Waals surface area contributed by atoms with Crippen LogP contribution in [0.5, 0.6) is 5.75 Å². The molecule has 0 saturated carbocycles. The molecule has 190 valence electrons. The lowest BCUT2D eigenvalue weighted by molar-refractivity contribution is -0.274. The van der Waals surface area contributed by atoms with Crippen LogP contribution in [0.4, 0.5) is 18.9 Å². The Labute approximate surface area is 200 Å². The number of amides is 1. The predicted molar refractivity (Wildman–Crippen MR) is 121 cm³/mol. The smallest absolute Gasteiger partial charge is 0.465 e. The summed E-state index contributed by atoms with van der Waals surface area (Å²) in [5, 5.41) is 2.64. The Hall–Kier alpha value is -3.38. The summed E-state index contributed by atoms with van der Waals surface area (Å²) in [7, 11) is 1.29. The first kappa shape index (κ1) is 26.2. The zero-order valence-electron chi connectivity index (χ0n) is 19.6. The molecule has 1 amide bonds. The summed E-state index contributed by atoms with van der Waals surface area (Å²) in [4.78, 5) is 43.9. The quantitative estimate of drug-likeness (QED) is 0.428. The number of nitrogens with zero attached hydrogens (tertiary/aromatic N) is 2. The number of alkyl halides is 3. The number of halogens is 3. The summed E-state index contributed by atoms with van der Waals surface area (Å²) in [6.45, 7) is 5.98. The number of Topliss-reactive ketones (excluding diaryl/α,β-unsaturated/α-hetero) is 1. The minimum Gasteiger partial charge on any atom is -0.465 e. The first-order chi connectivity index (χ1) is 16.5. The van der Waals surface area contributed by atoms with Gasteiger partial charge in [0.1, 0.15) is 5.75 Å². The van der Waals surface area contributed by atoms with Gasteiger partial charge >= 0.3 is 12.3 Å². The highest BCUT2D eigenvalue weighted by Crippen LogP contribution is 2.24. The number of carbonyl (C=O) groups excluding carboxylic acids is 3. The van der Waals surface area contributed by atoms with Crippen LogP contribution in [-0.2, 0) is 9.53 Å². The Morgan fingerprint density at radius 1 is 1.00 bits per heavy atom. The molecular formula is C23H27F3N4O5. The van der Waals surface area contributed by atoms with E-state index in [0.717, 1.165) is 12.1 Å². The van der Waals surface area contributed by atoms with Gasteiger partial charge in [-0.3, -0.25) is 19.4 Å². The van der Waals surface area contributed by atoms with Crippen LogP contribution in [0.25, 0.3) is 0 Å². The summed E-state index contributed by atoms with van der Waals surface area (Å²) >= 11 is 0. The number of hydrogen-bond acceptors (Lipinski definition) is 7. The first-order valence-corrected chi connectivity index (χ1v) is 10.9. The second kappa shape index (κ2) is 10.9. The number of esters is 1. The molecule has 12 heteroatoms. The van der Waals surface area contributed by atoms with E-state index in [9.17, 15) is 27.6 Å². The van der Waals surface area contributed by atoms with Gasteiger partial charge in [-0.1, -0.05) is 0 Å². The van der Waals surface area contributed by atoms with E-state index in [4.69, 9.17) is 4.74 Å². The standard InChI is InChI=1S/C23H27F3N4O5/c1-14-20(22(33)34-3)15(2)27-21(14)18(31)12-29-8-10-30(11-9-29)13-19(32)28-16-4-6-17(7-5-16)35-23(24,25)26/h4-7,27H,8-13H2,1-3H3,(H,28,32). The fourth-order valence-corrected chi connectivity index (χ4v) is 3.97. The number of rotatable bonds is 8. The van der Waals surface area contributed by atoms with Crippen LogP contribution in [-0.4, -0.2) is 85.2 Å². The maximum atomic E-state index is 12.8. The van der Waals surface area contributed by atoms with Crippen molar-refractivity contribution in [2.45, 2.75) is 20.2 Å². The number of H-pyrrole nitrogens is 1. The summed E-state index contributed by atoms with van der Waals surface area (Å²) < 4.78 is 45.3. The van der Waals surface area contributed by atoms with Crippen molar-refractivity contribution in [1.29, 1.82) is 0 Å². The maximum absolute atomic E-state index is 12.8. The number of nitrogens with one attached hydrogen (secondary N) is 2. The number of aryl methyl sites for hydroxylation is 1. The van der Waals surface area contributed by atoms with E-state index in [1.165, 1.54) is 19.2 Å². The van der Waals surface area contributed by atoms with Crippen molar-refractivity contribution < 1.29 is 37.0 Å². The fraction of sp³-hybridized carbons (Fsp3) is 0.435. The van der Waals surface area contributed by atoms with Gasteiger partial charge in [-0.05, 0) is 43.7 Å². The van der Waals surface area contributed by atoms with Crippen LogP contribution < -0.4 is 10.1 Å². The molecule has 0 bridgehead atoms. The highest BCUT2D eigenvalue weighted by Gasteiger charge is 2.31. The topological polar surface area (TPSA) is 104 Å². The highest BCUT2D eigenvalue weighted by atomic mass is 19.4. The van der Waals surface area contributed by atoms with Gasteiger partial charge in [-0.15, -0.1) is 13.2 Å². The maximum Gasteiger partial charge on any atom is 0.573 e. The molecule has 2 aromatic rings. The lowest BCUT2D eigenvalue weighted by Gasteiger charge is -2.33. The number of aromatic amines is 1. The van der Waals surface area contributed by atoms with Crippen molar-refractivity contribution in [3.8, 4) is 5.75 Å². The van der Waals surface area contributed by atoms with Gasteiger partial charge in [0, 0.05) is 37.6 Å². The van der Waals surface area contributed by atoms with Gasteiger partial charge in [-0.25, -0.2) is 4.79 Å². The van der Waals surface area contributed by atoms with Gasteiger partial charge in [-0.2, -0.15) is 0 Å². The summed E-state index contributed by atoms with van der Waals surface area (Å²) in [5.74, 6) is -1.29. The lowest BCUT2D eigenvalue weighted by atomic mass is 10.1. The van der Waals surface area contributed by atoms with Crippen molar-refractivity contribution in [2.75, 3.05) is 51.7 Å². The van der Waals surface area contributed by atoms with Gasteiger partial charge in [0.15, 0.2) is 5.78 Å². The van der Waals surface area contributed by atoms with Crippen LogP contribution in [0.3, 0.4) is 0 Å². The van der Waals surface area contributed by atoms with Gasteiger partial charge in [0.2, 0.25) is 5.91 Å². The van der Waals surface area contributed by atoms with Gasteiger partial charge < -0.3 is 19.8 Å². The average Bonchev–Trinajstić information content (AvgIpc) is 3.09. The van der Waals surface area contributed by atoms with Gasteiger partial charge in [0.25, 0.3) is 0 Å². The zero-order valence-corrected chi connectivity index (χ0v) is 19.6. The number of aromatic nitrogens is 1. The minimum absolute atomic E-state index is 0.111. The number of anilines is 1. The van der Waals surface area contributed by atoms with E-state index in [2.05, 4.69) is 15.0 Å². The molecule has 1 aliphatic heterocycles. The molecule has 1 saturated heterocycles. The van der Waals surface area contributed by atoms with Crippen molar-refractivity contribution in [3.63, 3.8) is 0 Å². The molecule has 3 rings (SSSR count). The molecule has 2 heterocycles. The summed E-state index contributed by atoms with van der Waals surface area (Å²) in [6.07, 6.45) is -4.78. The Bertz CT molecular complexity index is 1070. The predicted octanol–water partition coefficient (Wildman–Crippen LogP) is 2.76. The Morgan fingerprint density at radius 3 is 2.11 bits per heavy atom. The van der Waals surface area contributed by atoms with Crippen molar-refractivity contribution in [1.82, 2.24) is 14.8 Å². The average molecular weight is 496 g/mol. The van der Waals surface area contributed by atoms with E-state index >= 15 is 0 Å². The molecule has 1 aromatic carbocycles. The van der Waals surface area contributed by atoms with E-state index in [-0.39, 0.29) is 30.5 Å². The molecule has 9 nitrogen and oxygen atoms in total. The van der Waals surface area contributed by atoms with E-state index in [0.29, 0.717) is 54.4 Å². The number of methoxy groups -OCH3 is 1. The molecule has 1 fully saturated rings. The Balaban J connectivity index is 1.46. The molecular weight excluding hydrogens is 469 g/mol. The van der Waals surface area contributed by atoms with Crippen molar-refractivity contribution in [3.05, 3.63) is 46.8 Å². The largest absolute Gasteiger partial charge is 0.573 e. The third-order valence-electron chi connectivity index (χ3n) is 5.68. The minimum atomic E-state index is -4.78. The van der Waals surface area contributed by atoms with E-state index < -0.39 is 12.3 Å². The van der Waals surface area contributed by atoms with E-state index in [1.807, 2.05) is 9.80 Å². The number of ether oxygens (including phenoxy) is 2.